The van der Waals surface area contributed by atoms with E-state index in [9.17, 15) is 21.6 Å². The van der Waals surface area contributed by atoms with Gasteiger partial charge in [0.1, 0.15) is 6.54 Å². The molecule has 1 unspecified atom stereocenters. The third-order valence-electron chi connectivity index (χ3n) is 2.14. The number of alkyl halides is 3. The monoisotopic (exact) mass is 278 g/mol. The topological polar surface area (TPSA) is 78.4 Å². The molecule has 0 aromatic carbocycles. The molecule has 0 saturated heterocycles. The Hall–Kier alpha value is -0.380. The number of hydrogen-bond acceptors (Lipinski definition) is 3. The number of rotatable bonds is 8. The van der Waals surface area contributed by atoms with Crippen molar-refractivity contribution in [3.63, 3.8) is 0 Å². The first-order chi connectivity index (χ1) is 7.70. The number of hydrogen-bond donors (Lipinski definition) is 3. The van der Waals surface area contributed by atoms with Crippen LogP contribution < -0.4 is 9.44 Å². The fourth-order valence-electron chi connectivity index (χ4n) is 1.09. The maximum atomic E-state index is 11.8. The lowest BCUT2D eigenvalue weighted by Gasteiger charge is -2.15. The molecule has 9 heteroatoms. The van der Waals surface area contributed by atoms with Gasteiger partial charge in [0, 0.05) is 13.2 Å². The highest BCUT2D eigenvalue weighted by atomic mass is 32.2. The maximum Gasteiger partial charge on any atom is 0.402 e. The lowest BCUT2D eigenvalue weighted by molar-refractivity contribution is -0.121. The highest BCUT2D eigenvalue weighted by molar-refractivity contribution is 7.87. The normalized spacial score (nSPS) is 14.9. The van der Waals surface area contributed by atoms with Gasteiger partial charge in [0.25, 0.3) is 10.2 Å². The Morgan fingerprint density at radius 3 is 2.29 bits per heavy atom. The van der Waals surface area contributed by atoms with Gasteiger partial charge >= 0.3 is 6.18 Å². The van der Waals surface area contributed by atoms with Crippen LogP contribution in [0.4, 0.5) is 13.2 Å². The minimum atomic E-state index is -4.58. The van der Waals surface area contributed by atoms with Gasteiger partial charge in [-0.25, -0.2) is 4.72 Å². The molecule has 17 heavy (non-hydrogen) atoms. The summed E-state index contributed by atoms with van der Waals surface area (Å²) in [5.74, 6) is -0.0949. The van der Waals surface area contributed by atoms with Gasteiger partial charge in [-0.1, -0.05) is 13.3 Å². The first-order valence-corrected chi connectivity index (χ1v) is 6.60. The highest BCUT2D eigenvalue weighted by Crippen LogP contribution is 2.12. The van der Waals surface area contributed by atoms with E-state index in [1.807, 2.05) is 4.72 Å². The van der Waals surface area contributed by atoms with E-state index in [1.54, 1.807) is 6.92 Å². The number of nitrogens with one attached hydrogen (secondary N) is 2. The van der Waals surface area contributed by atoms with E-state index in [4.69, 9.17) is 5.11 Å². The van der Waals surface area contributed by atoms with Gasteiger partial charge in [-0.2, -0.15) is 26.3 Å². The lowest BCUT2D eigenvalue weighted by Crippen LogP contribution is -2.43. The Kier molecular flexibility index (Phi) is 6.98. The van der Waals surface area contributed by atoms with E-state index >= 15 is 0 Å². The molecule has 0 saturated carbocycles. The van der Waals surface area contributed by atoms with Gasteiger partial charge in [-0.05, 0) is 12.3 Å². The zero-order chi connectivity index (χ0) is 13.5. The second-order valence-electron chi connectivity index (χ2n) is 3.57. The van der Waals surface area contributed by atoms with Crippen molar-refractivity contribution < 1.29 is 26.7 Å². The van der Waals surface area contributed by atoms with Crippen molar-refractivity contribution in [3.8, 4) is 0 Å². The van der Waals surface area contributed by atoms with E-state index in [2.05, 4.69) is 0 Å². The smallest absolute Gasteiger partial charge is 0.396 e. The minimum absolute atomic E-state index is 0.00422. The Morgan fingerprint density at radius 2 is 1.88 bits per heavy atom. The molecule has 5 nitrogen and oxygen atoms in total. The van der Waals surface area contributed by atoms with Crippen molar-refractivity contribution >= 4 is 10.2 Å². The summed E-state index contributed by atoms with van der Waals surface area (Å²) >= 11 is 0. The van der Waals surface area contributed by atoms with Gasteiger partial charge in [0.05, 0.1) is 0 Å². The maximum absolute atomic E-state index is 11.8. The zero-order valence-corrected chi connectivity index (χ0v) is 10.2. The van der Waals surface area contributed by atoms with Crippen LogP contribution in [-0.4, -0.2) is 39.4 Å². The van der Waals surface area contributed by atoms with E-state index in [0.29, 0.717) is 12.8 Å². The van der Waals surface area contributed by atoms with E-state index < -0.39 is 22.9 Å². The summed E-state index contributed by atoms with van der Waals surface area (Å²) in [6, 6.07) is 0. The summed E-state index contributed by atoms with van der Waals surface area (Å²) in [7, 11) is -4.14. The summed E-state index contributed by atoms with van der Waals surface area (Å²) in [4.78, 5) is 0. The van der Waals surface area contributed by atoms with E-state index in [-0.39, 0.29) is 19.1 Å². The number of halogens is 3. The molecule has 0 rings (SSSR count). The van der Waals surface area contributed by atoms with Crippen LogP contribution in [0.2, 0.25) is 0 Å². The molecule has 0 heterocycles. The van der Waals surface area contributed by atoms with Gasteiger partial charge < -0.3 is 5.11 Å². The van der Waals surface area contributed by atoms with Crippen LogP contribution in [0.25, 0.3) is 0 Å². The fraction of sp³-hybridized carbons (Fsp3) is 1.00. The van der Waals surface area contributed by atoms with Gasteiger partial charge in [-0.3, -0.25) is 0 Å². The molecule has 0 aliphatic rings. The first-order valence-electron chi connectivity index (χ1n) is 5.12. The van der Waals surface area contributed by atoms with E-state index in [0.717, 1.165) is 0 Å². The Morgan fingerprint density at radius 1 is 1.29 bits per heavy atom. The summed E-state index contributed by atoms with van der Waals surface area (Å²) in [6.45, 7) is 0.122. The van der Waals surface area contributed by atoms with E-state index in [1.165, 1.54) is 4.72 Å². The van der Waals surface area contributed by atoms with Crippen LogP contribution in [0.1, 0.15) is 19.8 Å². The fourth-order valence-corrected chi connectivity index (χ4v) is 2.00. The molecular weight excluding hydrogens is 261 g/mol. The molecule has 104 valence electrons. The third kappa shape index (κ3) is 9.33. The molecule has 0 spiro atoms. The summed E-state index contributed by atoms with van der Waals surface area (Å²) < 4.78 is 61.0. The molecule has 0 amide bonds. The van der Waals surface area contributed by atoms with Crippen molar-refractivity contribution in [2.75, 3.05) is 19.7 Å². The van der Waals surface area contributed by atoms with Gasteiger partial charge in [0.2, 0.25) is 0 Å². The Labute approximate surface area is 98.6 Å². The SMILES string of the molecule is CCC(CCO)CNS(=O)(=O)NCC(F)(F)F. The van der Waals surface area contributed by atoms with Crippen molar-refractivity contribution in [2.24, 2.45) is 5.92 Å². The summed E-state index contributed by atoms with van der Waals surface area (Å²) in [5.41, 5.74) is 0. The first kappa shape index (κ1) is 16.6. The standard InChI is InChI=1S/C8H17F3N2O3S/c1-2-7(3-4-14)5-12-17(15,16)13-6-8(9,10)11/h7,12-14H,2-6H2,1H3. The third-order valence-corrected chi connectivity index (χ3v) is 3.21. The summed E-state index contributed by atoms with van der Waals surface area (Å²) in [6.07, 6.45) is -3.55. The van der Waals surface area contributed by atoms with Gasteiger partial charge in [-0.15, -0.1) is 0 Å². The average molecular weight is 278 g/mol. The molecule has 3 N–H and O–H groups in total. The van der Waals surface area contributed by atoms with Crippen LogP contribution in [0.5, 0.6) is 0 Å². The molecule has 0 aromatic heterocycles. The quantitative estimate of drug-likeness (QED) is 0.600. The molecule has 0 aliphatic carbocycles. The molecular formula is C8H17F3N2O3S. The minimum Gasteiger partial charge on any atom is -0.396 e. The molecule has 0 aromatic rings. The van der Waals surface area contributed by atoms with Crippen molar-refractivity contribution in [1.29, 1.82) is 0 Å². The lowest BCUT2D eigenvalue weighted by atomic mass is 10.0. The Balaban J connectivity index is 4.09. The van der Waals surface area contributed by atoms with Crippen LogP contribution in [0, 0.1) is 5.92 Å². The van der Waals surface area contributed by atoms with Crippen molar-refractivity contribution in [1.82, 2.24) is 9.44 Å². The second-order valence-corrected chi connectivity index (χ2v) is 5.16. The van der Waals surface area contributed by atoms with Gasteiger partial charge in [0.15, 0.2) is 0 Å². The van der Waals surface area contributed by atoms with Crippen molar-refractivity contribution in [2.45, 2.75) is 25.9 Å². The van der Waals surface area contributed by atoms with Crippen LogP contribution in [-0.2, 0) is 10.2 Å². The highest BCUT2D eigenvalue weighted by Gasteiger charge is 2.29. The van der Waals surface area contributed by atoms with Crippen LogP contribution >= 0.6 is 0 Å². The largest absolute Gasteiger partial charge is 0.402 e. The van der Waals surface area contributed by atoms with Crippen LogP contribution in [0.3, 0.4) is 0 Å². The number of aliphatic hydroxyl groups is 1. The average Bonchev–Trinajstić information content (AvgIpc) is 2.21. The molecule has 0 fully saturated rings. The molecule has 0 bridgehead atoms. The number of aliphatic hydroxyl groups excluding tert-OH is 1. The molecule has 0 radical (unpaired) electrons. The predicted molar refractivity (Wildman–Crippen MR) is 56.5 cm³/mol. The summed E-state index contributed by atoms with van der Waals surface area (Å²) in [5, 5.41) is 8.67. The second kappa shape index (κ2) is 7.14. The van der Waals surface area contributed by atoms with Crippen LogP contribution in [0.15, 0.2) is 0 Å². The molecule has 0 aliphatic heterocycles. The predicted octanol–water partition coefficient (Wildman–Crippen LogP) is 0.381. The van der Waals surface area contributed by atoms with Crippen molar-refractivity contribution in [3.05, 3.63) is 0 Å². The Bertz CT molecular complexity index is 306. The molecule has 1 atom stereocenters. The zero-order valence-electron chi connectivity index (χ0n) is 9.42.